The van der Waals surface area contributed by atoms with Crippen LogP contribution in [0.15, 0.2) is 35.3 Å². The zero-order valence-corrected chi connectivity index (χ0v) is 17.6. The molecule has 4 N–H and O–H groups in total. The molecule has 1 aliphatic heterocycles. The molecule has 0 saturated heterocycles. The van der Waals surface area contributed by atoms with Gasteiger partial charge in [-0.15, -0.1) is 0 Å². The highest BCUT2D eigenvalue weighted by Gasteiger charge is 2.24. The number of carbonyl (C=O) groups is 2. The number of nitrogens with one attached hydrogen (secondary N) is 4. The monoisotopic (exact) mass is 403 g/mol. The van der Waals surface area contributed by atoms with Crippen molar-refractivity contribution in [1.82, 2.24) is 21.3 Å². The summed E-state index contributed by atoms with van der Waals surface area (Å²) in [4.78, 5) is 29.1. The summed E-state index contributed by atoms with van der Waals surface area (Å²) in [7, 11) is 0. The Labute approximate surface area is 172 Å². The van der Waals surface area contributed by atoms with Gasteiger partial charge < -0.3 is 26.0 Å². The van der Waals surface area contributed by atoms with Crippen LogP contribution in [0.5, 0.6) is 0 Å². The summed E-state index contributed by atoms with van der Waals surface area (Å²) < 4.78 is 5.31. The Kier molecular flexibility index (Phi) is 8.76. The molecule has 1 heterocycles. The van der Waals surface area contributed by atoms with E-state index in [1.165, 1.54) is 0 Å². The van der Waals surface area contributed by atoms with Gasteiger partial charge in [0, 0.05) is 26.1 Å². The second-order valence-electron chi connectivity index (χ2n) is 7.97. The molecule has 0 bridgehead atoms. The second kappa shape index (κ2) is 11.3. The van der Waals surface area contributed by atoms with Crippen molar-refractivity contribution in [3.63, 3.8) is 0 Å². The maximum Gasteiger partial charge on any atom is 0.408 e. The lowest BCUT2D eigenvalue weighted by molar-refractivity contribution is -0.123. The summed E-state index contributed by atoms with van der Waals surface area (Å²) in [5, 5.41) is 12.0. The number of hydrogen-bond donors (Lipinski definition) is 4. The smallest absolute Gasteiger partial charge is 0.408 e. The fraction of sp³-hybridized carbons (Fsp3) is 0.571. The Hall–Kier alpha value is -2.77. The van der Waals surface area contributed by atoms with Crippen LogP contribution >= 0.6 is 0 Å². The summed E-state index contributed by atoms with van der Waals surface area (Å²) in [6.45, 7) is 8.41. The average molecular weight is 404 g/mol. The lowest BCUT2D eigenvalue weighted by Crippen LogP contribution is -2.49. The van der Waals surface area contributed by atoms with Gasteiger partial charge in [-0.2, -0.15) is 0 Å². The zero-order valence-electron chi connectivity index (χ0n) is 17.6. The topological polar surface area (TPSA) is 104 Å². The van der Waals surface area contributed by atoms with Crippen molar-refractivity contribution in [3.8, 4) is 0 Å². The van der Waals surface area contributed by atoms with Crippen molar-refractivity contribution in [2.24, 2.45) is 4.99 Å². The Morgan fingerprint density at radius 3 is 2.55 bits per heavy atom. The number of benzene rings is 1. The quantitative estimate of drug-likeness (QED) is 0.469. The molecule has 29 heavy (non-hydrogen) atoms. The highest BCUT2D eigenvalue weighted by atomic mass is 16.6. The Morgan fingerprint density at radius 2 is 1.90 bits per heavy atom. The summed E-state index contributed by atoms with van der Waals surface area (Å²) >= 11 is 0. The Morgan fingerprint density at radius 1 is 1.17 bits per heavy atom. The molecule has 0 spiro atoms. The number of aliphatic imine (C=N–C) groups is 1. The largest absolute Gasteiger partial charge is 0.444 e. The number of unbranched alkanes of at least 4 members (excludes halogenated alkanes) is 1. The van der Waals surface area contributed by atoms with E-state index in [2.05, 4.69) is 26.3 Å². The number of carbonyl (C=O) groups excluding carboxylic acids is 2. The van der Waals surface area contributed by atoms with Gasteiger partial charge in [0.15, 0.2) is 5.96 Å². The minimum atomic E-state index is -0.692. The van der Waals surface area contributed by atoms with E-state index in [0.717, 1.165) is 44.0 Å². The number of alkyl carbamates (subject to hydrolysis) is 1. The van der Waals surface area contributed by atoms with E-state index >= 15 is 0 Å². The van der Waals surface area contributed by atoms with Crippen molar-refractivity contribution in [2.75, 3.05) is 26.2 Å². The van der Waals surface area contributed by atoms with Crippen LogP contribution in [0.25, 0.3) is 0 Å². The summed E-state index contributed by atoms with van der Waals surface area (Å²) in [5.74, 6) is 0.632. The van der Waals surface area contributed by atoms with Crippen LogP contribution < -0.4 is 21.3 Å². The predicted octanol–water partition coefficient (Wildman–Crippen LogP) is 1.57. The maximum absolute atomic E-state index is 12.7. The SMILES string of the molecule is CC(C)(C)OC(=O)N[C@H](Cc1ccccc1)C(=O)NCCCCNC1=NCCN1. The van der Waals surface area contributed by atoms with Gasteiger partial charge in [-0.3, -0.25) is 9.79 Å². The number of amides is 2. The Bertz CT molecular complexity index is 685. The highest BCUT2D eigenvalue weighted by molar-refractivity contribution is 5.86. The van der Waals surface area contributed by atoms with Crippen molar-refractivity contribution >= 4 is 18.0 Å². The van der Waals surface area contributed by atoms with Crippen LogP contribution in [-0.2, 0) is 16.0 Å². The molecule has 8 nitrogen and oxygen atoms in total. The molecule has 1 aromatic rings. The van der Waals surface area contributed by atoms with Gasteiger partial charge in [0.1, 0.15) is 11.6 Å². The first-order chi connectivity index (χ1) is 13.8. The van der Waals surface area contributed by atoms with E-state index in [0.29, 0.717) is 13.0 Å². The lowest BCUT2D eigenvalue weighted by atomic mass is 10.1. The molecule has 2 amide bonds. The molecule has 1 aromatic carbocycles. The van der Waals surface area contributed by atoms with Gasteiger partial charge in [0.05, 0.1) is 6.54 Å². The summed E-state index contributed by atoms with van der Waals surface area (Å²) in [6.07, 6.45) is 1.54. The second-order valence-corrected chi connectivity index (χ2v) is 7.97. The molecule has 0 saturated carbocycles. The average Bonchev–Trinajstić information content (AvgIpc) is 3.16. The lowest BCUT2D eigenvalue weighted by Gasteiger charge is -2.23. The molecule has 8 heteroatoms. The minimum absolute atomic E-state index is 0.213. The standard InChI is InChI=1S/C21H33N5O3/c1-21(2,3)29-20(28)26-17(15-16-9-5-4-6-10-16)18(27)22-11-7-8-12-23-19-24-13-14-25-19/h4-6,9-10,17H,7-8,11-15H2,1-3H3,(H,22,27)(H,26,28)(H2,23,24,25)/t17-/m1/s1. The van der Waals surface area contributed by atoms with E-state index < -0.39 is 17.7 Å². The highest BCUT2D eigenvalue weighted by Crippen LogP contribution is 2.08. The third-order valence-corrected chi connectivity index (χ3v) is 4.16. The third kappa shape index (κ3) is 9.32. The number of guanidine groups is 1. The summed E-state index contributed by atoms with van der Waals surface area (Å²) in [6, 6.07) is 8.91. The van der Waals surface area contributed by atoms with Gasteiger partial charge in [-0.05, 0) is 39.2 Å². The fourth-order valence-corrected chi connectivity index (χ4v) is 2.82. The number of nitrogens with zero attached hydrogens (tertiary/aromatic N) is 1. The van der Waals surface area contributed by atoms with E-state index in [9.17, 15) is 9.59 Å². The first-order valence-electron chi connectivity index (χ1n) is 10.2. The van der Waals surface area contributed by atoms with Gasteiger partial charge in [-0.25, -0.2) is 4.79 Å². The van der Waals surface area contributed by atoms with Gasteiger partial charge in [-0.1, -0.05) is 30.3 Å². The van der Waals surface area contributed by atoms with Crippen molar-refractivity contribution < 1.29 is 14.3 Å². The van der Waals surface area contributed by atoms with E-state index in [1.54, 1.807) is 20.8 Å². The molecule has 1 aliphatic rings. The van der Waals surface area contributed by atoms with E-state index in [4.69, 9.17) is 4.74 Å². The van der Waals surface area contributed by atoms with Crippen molar-refractivity contribution in [1.29, 1.82) is 0 Å². The Balaban J connectivity index is 1.78. The molecule has 160 valence electrons. The molecule has 2 rings (SSSR count). The number of rotatable bonds is 9. The minimum Gasteiger partial charge on any atom is -0.444 e. The third-order valence-electron chi connectivity index (χ3n) is 4.16. The first kappa shape index (κ1) is 22.5. The summed E-state index contributed by atoms with van der Waals surface area (Å²) in [5.41, 5.74) is 0.348. The van der Waals surface area contributed by atoms with Crippen LogP contribution in [-0.4, -0.2) is 55.8 Å². The van der Waals surface area contributed by atoms with Gasteiger partial charge in [0.2, 0.25) is 5.91 Å². The normalized spacial score (nSPS) is 14.4. The van der Waals surface area contributed by atoms with Gasteiger partial charge in [0.25, 0.3) is 0 Å². The van der Waals surface area contributed by atoms with Crippen molar-refractivity contribution in [2.45, 2.75) is 51.7 Å². The van der Waals surface area contributed by atoms with Crippen molar-refractivity contribution in [3.05, 3.63) is 35.9 Å². The van der Waals surface area contributed by atoms with E-state index in [1.807, 2.05) is 30.3 Å². The molecule has 0 aromatic heterocycles. The number of ether oxygens (including phenoxy) is 1. The molecule has 0 unspecified atom stereocenters. The van der Waals surface area contributed by atoms with Crippen LogP contribution in [0.3, 0.4) is 0 Å². The van der Waals surface area contributed by atoms with Crippen LogP contribution in [0.1, 0.15) is 39.2 Å². The van der Waals surface area contributed by atoms with Crippen LogP contribution in [0.4, 0.5) is 4.79 Å². The molecule has 1 atom stereocenters. The van der Waals surface area contributed by atoms with Crippen LogP contribution in [0, 0.1) is 0 Å². The number of hydrogen-bond acceptors (Lipinski definition) is 6. The molecular weight excluding hydrogens is 370 g/mol. The maximum atomic E-state index is 12.7. The first-order valence-corrected chi connectivity index (χ1v) is 10.2. The fourth-order valence-electron chi connectivity index (χ4n) is 2.82. The predicted molar refractivity (Wildman–Crippen MR) is 114 cm³/mol. The molecule has 0 radical (unpaired) electrons. The molecule has 0 aliphatic carbocycles. The molecule has 0 fully saturated rings. The van der Waals surface area contributed by atoms with E-state index in [-0.39, 0.29) is 5.91 Å². The van der Waals surface area contributed by atoms with Crippen LogP contribution in [0.2, 0.25) is 0 Å². The molecular formula is C21H33N5O3. The zero-order chi connectivity index (χ0) is 21.1. The van der Waals surface area contributed by atoms with Gasteiger partial charge >= 0.3 is 6.09 Å².